The monoisotopic (exact) mass is 209 g/mol. The molecule has 2 heterocycles. The van der Waals surface area contributed by atoms with Crippen molar-refractivity contribution in [1.82, 2.24) is 20.0 Å². The van der Waals surface area contributed by atoms with Gasteiger partial charge in [0.2, 0.25) is 0 Å². The van der Waals surface area contributed by atoms with Crippen LogP contribution in [0.2, 0.25) is 0 Å². The second kappa shape index (κ2) is 3.85. The Balaban J connectivity index is 2.05. The minimum Gasteiger partial charge on any atom is -0.322 e. The number of hydrogen-bond donors (Lipinski definition) is 1. The van der Waals surface area contributed by atoms with Crippen LogP contribution in [0, 0.1) is 0 Å². The van der Waals surface area contributed by atoms with E-state index in [1.807, 2.05) is 5.38 Å². The summed E-state index contributed by atoms with van der Waals surface area (Å²) in [5.74, 6) is 0. The molecule has 0 radical (unpaired) electrons. The second-order valence-corrected chi connectivity index (χ2v) is 3.77. The van der Waals surface area contributed by atoms with Crippen LogP contribution >= 0.6 is 11.3 Å². The molecule has 0 fully saturated rings. The predicted octanol–water partition coefficient (Wildman–Crippen LogP) is 0.514. The van der Waals surface area contributed by atoms with Gasteiger partial charge < -0.3 is 5.73 Å². The van der Waals surface area contributed by atoms with Crippen LogP contribution in [-0.4, -0.2) is 20.0 Å². The summed E-state index contributed by atoms with van der Waals surface area (Å²) in [6.07, 6.45) is 2.41. The summed E-state index contributed by atoms with van der Waals surface area (Å²) in [4.78, 5) is 5.69. The van der Waals surface area contributed by atoms with Crippen LogP contribution < -0.4 is 5.73 Å². The molecular weight excluding hydrogens is 198 g/mol. The Hall–Kier alpha value is -1.27. The number of nitrogens with two attached hydrogens (primary N) is 1. The average molecular weight is 209 g/mol. The molecule has 2 rings (SSSR count). The van der Waals surface area contributed by atoms with Crippen LogP contribution in [0.15, 0.2) is 17.1 Å². The Morgan fingerprint density at radius 2 is 2.50 bits per heavy atom. The van der Waals surface area contributed by atoms with Crippen molar-refractivity contribution >= 4 is 11.3 Å². The first-order valence-corrected chi connectivity index (χ1v) is 5.19. The SMILES string of the molecule is Cn1ncc(CC(N)c2cscn2)n1. The van der Waals surface area contributed by atoms with E-state index in [0.717, 1.165) is 11.4 Å². The minimum atomic E-state index is -0.0852. The summed E-state index contributed by atoms with van der Waals surface area (Å²) in [6, 6.07) is -0.0852. The van der Waals surface area contributed by atoms with Gasteiger partial charge in [-0.25, -0.2) is 4.98 Å². The Bertz CT molecular complexity index is 394. The first-order valence-electron chi connectivity index (χ1n) is 4.24. The number of hydrogen-bond acceptors (Lipinski definition) is 5. The maximum atomic E-state index is 5.95. The van der Waals surface area contributed by atoms with Crippen LogP contribution in [-0.2, 0) is 13.5 Å². The van der Waals surface area contributed by atoms with Gasteiger partial charge in [-0.3, -0.25) is 0 Å². The zero-order chi connectivity index (χ0) is 9.97. The third-order valence-corrected chi connectivity index (χ3v) is 2.51. The van der Waals surface area contributed by atoms with Crippen molar-refractivity contribution in [3.05, 3.63) is 28.5 Å². The van der Waals surface area contributed by atoms with Gasteiger partial charge in [-0.2, -0.15) is 15.0 Å². The second-order valence-electron chi connectivity index (χ2n) is 3.05. The molecule has 1 atom stereocenters. The van der Waals surface area contributed by atoms with Crippen molar-refractivity contribution in [1.29, 1.82) is 0 Å². The average Bonchev–Trinajstić information content (AvgIpc) is 2.75. The van der Waals surface area contributed by atoms with Gasteiger partial charge >= 0.3 is 0 Å². The van der Waals surface area contributed by atoms with Gasteiger partial charge in [0.15, 0.2) is 0 Å². The molecule has 2 aromatic heterocycles. The van der Waals surface area contributed by atoms with Crippen molar-refractivity contribution in [3.63, 3.8) is 0 Å². The van der Waals surface area contributed by atoms with E-state index in [4.69, 9.17) is 5.73 Å². The predicted molar refractivity (Wildman–Crippen MR) is 53.7 cm³/mol. The number of rotatable bonds is 3. The molecule has 0 spiro atoms. The summed E-state index contributed by atoms with van der Waals surface area (Å²) in [5, 5.41) is 10.1. The summed E-state index contributed by atoms with van der Waals surface area (Å²) >= 11 is 1.55. The quantitative estimate of drug-likeness (QED) is 0.799. The standard InChI is InChI=1S/C8H11N5S/c1-13-11-3-6(12-13)2-7(9)8-4-14-5-10-8/h3-5,7H,2,9H2,1H3. The summed E-state index contributed by atoms with van der Waals surface area (Å²) < 4.78 is 0. The lowest BCUT2D eigenvalue weighted by molar-refractivity contribution is 0.626. The zero-order valence-electron chi connectivity index (χ0n) is 7.79. The van der Waals surface area contributed by atoms with Crippen LogP contribution in [0.3, 0.4) is 0 Å². The first-order chi connectivity index (χ1) is 6.75. The molecule has 0 aliphatic carbocycles. The van der Waals surface area contributed by atoms with Crippen molar-refractivity contribution in [2.45, 2.75) is 12.5 Å². The minimum absolute atomic E-state index is 0.0852. The molecule has 0 saturated heterocycles. The van der Waals surface area contributed by atoms with Crippen LogP contribution in [0.5, 0.6) is 0 Å². The lowest BCUT2D eigenvalue weighted by Gasteiger charge is -2.04. The molecule has 2 N–H and O–H groups in total. The smallest absolute Gasteiger partial charge is 0.0846 e. The fourth-order valence-corrected chi connectivity index (χ4v) is 1.83. The number of nitrogens with zero attached hydrogens (tertiary/aromatic N) is 4. The number of aryl methyl sites for hydroxylation is 1. The lowest BCUT2D eigenvalue weighted by atomic mass is 10.1. The zero-order valence-corrected chi connectivity index (χ0v) is 8.61. The lowest BCUT2D eigenvalue weighted by Crippen LogP contribution is -2.14. The van der Waals surface area contributed by atoms with Gasteiger partial charge in [-0.1, -0.05) is 0 Å². The molecule has 0 aliphatic heterocycles. The number of aromatic nitrogens is 4. The number of thiazole rings is 1. The van der Waals surface area contributed by atoms with Gasteiger partial charge in [0, 0.05) is 18.8 Å². The first kappa shape index (κ1) is 9.29. The fraction of sp³-hybridized carbons (Fsp3) is 0.375. The van der Waals surface area contributed by atoms with E-state index in [1.54, 1.807) is 30.1 Å². The molecule has 6 heteroatoms. The normalized spacial score (nSPS) is 13.0. The van der Waals surface area contributed by atoms with Crippen molar-refractivity contribution in [2.75, 3.05) is 0 Å². The Morgan fingerprint density at radius 3 is 3.07 bits per heavy atom. The van der Waals surface area contributed by atoms with E-state index in [9.17, 15) is 0 Å². The highest BCUT2D eigenvalue weighted by atomic mass is 32.1. The largest absolute Gasteiger partial charge is 0.322 e. The fourth-order valence-electron chi connectivity index (χ4n) is 1.22. The van der Waals surface area contributed by atoms with Crippen LogP contribution in [0.4, 0.5) is 0 Å². The highest BCUT2D eigenvalue weighted by Crippen LogP contribution is 2.13. The van der Waals surface area contributed by atoms with E-state index in [2.05, 4.69) is 15.2 Å². The Labute approximate surface area is 85.6 Å². The molecule has 14 heavy (non-hydrogen) atoms. The maximum Gasteiger partial charge on any atom is 0.0846 e. The molecule has 0 aromatic carbocycles. The molecule has 1 unspecified atom stereocenters. The molecule has 5 nitrogen and oxygen atoms in total. The molecule has 74 valence electrons. The highest BCUT2D eigenvalue weighted by Gasteiger charge is 2.10. The highest BCUT2D eigenvalue weighted by molar-refractivity contribution is 7.07. The van der Waals surface area contributed by atoms with Crippen molar-refractivity contribution < 1.29 is 0 Å². The molecule has 0 aliphatic rings. The topological polar surface area (TPSA) is 69.6 Å². The van der Waals surface area contributed by atoms with E-state index in [0.29, 0.717) is 6.42 Å². The molecule has 0 bridgehead atoms. The molecule has 2 aromatic rings. The van der Waals surface area contributed by atoms with Gasteiger partial charge in [0.1, 0.15) is 0 Å². The molecule has 0 saturated carbocycles. The van der Waals surface area contributed by atoms with Gasteiger partial charge in [0.05, 0.1) is 29.1 Å². The molecule has 0 amide bonds. The maximum absolute atomic E-state index is 5.95. The third-order valence-electron chi connectivity index (χ3n) is 1.91. The van der Waals surface area contributed by atoms with E-state index < -0.39 is 0 Å². The summed E-state index contributed by atoms with van der Waals surface area (Å²) in [6.45, 7) is 0. The summed E-state index contributed by atoms with van der Waals surface area (Å²) in [7, 11) is 1.79. The Kier molecular flexibility index (Phi) is 2.55. The molecular formula is C8H11N5S. The summed E-state index contributed by atoms with van der Waals surface area (Å²) in [5.41, 5.74) is 9.55. The third kappa shape index (κ3) is 1.97. The van der Waals surface area contributed by atoms with Gasteiger partial charge in [0.25, 0.3) is 0 Å². The Morgan fingerprint density at radius 1 is 1.64 bits per heavy atom. The van der Waals surface area contributed by atoms with Crippen molar-refractivity contribution in [2.24, 2.45) is 12.8 Å². The van der Waals surface area contributed by atoms with Gasteiger partial charge in [-0.15, -0.1) is 11.3 Å². The van der Waals surface area contributed by atoms with Crippen LogP contribution in [0.25, 0.3) is 0 Å². The van der Waals surface area contributed by atoms with E-state index >= 15 is 0 Å². The van der Waals surface area contributed by atoms with Gasteiger partial charge in [-0.05, 0) is 0 Å². The van der Waals surface area contributed by atoms with Crippen molar-refractivity contribution in [3.8, 4) is 0 Å². The van der Waals surface area contributed by atoms with Crippen LogP contribution in [0.1, 0.15) is 17.4 Å². The van der Waals surface area contributed by atoms with E-state index in [-0.39, 0.29) is 6.04 Å². The van der Waals surface area contributed by atoms with E-state index in [1.165, 1.54) is 4.80 Å².